The van der Waals surface area contributed by atoms with Crippen molar-refractivity contribution in [3.63, 3.8) is 0 Å². The number of nitrogens with zero attached hydrogens (tertiary/aromatic N) is 6. The van der Waals surface area contributed by atoms with E-state index in [4.69, 9.17) is 15.0 Å². The average molecular weight is 318 g/mol. The largest absolute Gasteiger partial charge is 0.341 e. The molecular weight excluding hydrogens is 288 g/mol. The average Bonchev–Trinajstić information content (AvgIpc) is 3.27. The third-order valence-corrected chi connectivity index (χ3v) is 4.65. The molecule has 3 rings (SSSR count). The highest BCUT2D eigenvalue weighted by molar-refractivity contribution is 5.47. The summed E-state index contributed by atoms with van der Waals surface area (Å²) in [4.78, 5) is 21.4. The van der Waals surface area contributed by atoms with E-state index < -0.39 is 0 Å². The number of anilines is 3. The van der Waals surface area contributed by atoms with Crippen LogP contribution in [0.5, 0.6) is 0 Å². The molecule has 6 heteroatoms. The molecule has 0 N–H and O–H groups in total. The molecule has 6 nitrogen and oxygen atoms in total. The van der Waals surface area contributed by atoms with E-state index in [0.717, 1.165) is 70.0 Å². The minimum Gasteiger partial charge on any atom is -0.341 e. The van der Waals surface area contributed by atoms with Gasteiger partial charge in [-0.05, 0) is 38.5 Å². The van der Waals surface area contributed by atoms with Crippen LogP contribution in [0.2, 0.25) is 0 Å². The van der Waals surface area contributed by atoms with Crippen LogP contribution in [0, 0.1) is 0 Å². The lowest BCUT2D eigenvalue weighted by Crippen LogP contribution is -2.31. The van der Waals surface area contributed by atoms with Crippen molar-refractivity contribution in [1.29, 1.82) is 0 Å². The minimum atomic E-state index is 0.868. The Kier molecular flexibility index (Phi) is 5.51. The second kappa shape index (κ2) is 7.79. The van der Waals surface area contributed by atoms with Crippen molar-refractivity contribution in [3.8, 4) is 0 Å². The summed E-state index contributed by atoms with van der Waals surface area (Å²) < 4.78 is 0. The topological polar surface area (TPSA) is 48.4 Å². The Balaban J connectivity index is 1.92. The Morgan fingerprint density at radius 1 is 0.739 bits per heavy atom. The van der Waals surface area contributed by atoms with Gasteiger partial charge in [0.05, 0.1) is 0 Å². The third-order valence-electron chi connectivity index (χ3n) is 4.65. The van der Waals surface area contributed by atoms with E-state index in [9.17, 15) is 0 Å². The normalized spacial score (nSPS) is 18.0. The molecule has 1 aromatic rings. The highest BCUT2D eigenvalue weighted by Gasteiger charge is 2.23. The zero-order chi connectivity index (χ0) is 16.1. The van der Waals surface area contributed by atoms with Gasteiger partial charge in [0.2, 0.25) is 17.8 Å². The standard InChI is InChI=1S/C17H30N6/c1-3-9-21(10-4-2)15-18-16(22-11-5-6-12-22)20-17(19-15)23-13-7-8-14-23/h3-14H2,1-2H3. The maximum atomic E-state index is 4.83. The highest BCUT2D eigenvalue weighted by Crippen LogP contribution is 2.24. The van der Waals surface area contributed by atoms with Gasteiger partial charge in [-0.15, -0.1) is 0 Å². The molecule has 0 aromatic carbocycles. The lowest BCUT2D eigenvalue weighted by atomic mass is 10.4. The molecule has 128 valence electrons. The van der Waals surface area contributed by atoms with Crippen molar-refractivity contribution in [1.82, 2.24) is 15.0 Å². The summed E-state index contributed by atoms with van der Waals surface area (Å²) in [7, 11) is 0. The SMILES string of the molecule is CCCN(CCC)c1nc(N2CCCC2)nc(N2CCCC2)n1. The van der Waals surface area contributed by atoms with Crippen LogP contribution in [0.15, 0.2) is 0 Å². The Labute approximate surface area is 139 Å². The van der Waals surface area contributed by atoms with E-state index in [0.29, 0.717) is 0 Å². The van der Waals surface area contributed by atoms with Gasteiger partial charge in [0.25, 0.3) is 0 Å². The first kappa shape index (κ1) is 16.3. The van der Waals surface area contributed by atoms with Crippen molar-refractivity contribution in [2.24, 2.45) is 0 Å². The number of aromatic nitrogens is 3. The van der Waals surface area contributed by atoms with Crippen molar-refractivity contribution < 1.29 is 0 Å². The van der Waals surface area contributed by atoms with Crippen LogP contribution in [-0.4, -0.2) is 54.2 Å². The molecule has 3 heterocycles. The van der Waals surface area contributed by atoms with Crippen molar-refractivity contribution >= 4 is 17.8 Å². The van der Waals surface area contributed by atoms with Gasteiger partial charge in [-0.1, -0.05) is 13.8 Å². The van der Waals surface area contributed by atoms with Crippen LogP contribution in [0.4, 0.5) is 17.8 Å². The quantitative estimate of drug-likeness (QED) is 0.770. The van der Waals surface area contributed by atoms with Crippen LogP contribution < -0.4 is 14.7 Å². The first-order valence-corrected chi connectivity index (χ1v) is 9.32. The predicted molar refractivity (Wildman–Crippen MR) is 95.5 cm³/mol. The molecule has 1 aromatic heterocycles. The summed E-state index contributed by atoms with van der Waals surface area (Å²) in [6.07, 6.45) is 7.20. The fraction of sp³-hybridized carbons (Fsp3) is 0.824. The van der Waals surface area contributed by atoms with Crippen LogP contribution in [0.3, 0.4) is 0 Å². The third kappa shape index (κ3) is 3.85. The maximum Gasteiger partial charge on any atom is 0.231 e. The smallest absolute Gasteiger partial charge is 0.231 e. The Morgan fingerprint density at radius 3 is 1.57 bits per heavy atom. The number of hydrogen-bond acceptors (Lipinski definition) is 6. The van der Waals surface area contributed by atoms with E-state index in [-0.39, 0.29) is 0 Å². The number of hydrogen-bond donors (Lipinski definition) is 0. The molecule has 23 heavy (non-hydrogen) atoms. The Morgan fingerprint density at radius 2 is 1.17 bits per heavy atom. The monoisotopic (exact) mass is 318 g/mol. The zero-order valence-electron chi connectivity index (χ0n) is 14.7. The molecule has 2 saturated heterocycles. The van der Waals surface area contributed by atoms with Gasteiger partial charge in [-0.2, -0.15) is 15.0 Å². The van der Waals surface area contributed by atoms with Crippen LogP contribution >= 0.6 is 0 Å². The molecule has 0 amide bonds. The van der Waals surface area contributed by atoms with Gasteiger partial charge < -0.3 is 14.7 Å². The second-order valence-electron chi connectivity index (χ2n) is 6.61. The summed E-state index contributed by atoms with van der Waals surface area (Å²) in [5, 5.41) is 0. The van der Waals surface area contributed by atoms with Gasteiger partial charge in [-0.3, -0.25) is 0 Å². The van der Waals surface area contributed by atoms with Gasteiger partial charge in [0.15, 0.2) is 0 Å². The lowest BCUT2D eigenvalue weighted by molar-refractivity contribution is 0.710. The molecule has 0 radical (unpaired) electrons. The predicted octanol–water partition coefficient (Wildman–Crippen LogP) is 2.70. The first-order chi connectivity index (χ1) is 11.3. The molecule has 0 atom stereocenters. The van der Waals surface area contributed by atoms with Gasteiger partial charge >= 0.3 is 0 Å². The number of rotatable bonds is 7. The van der Waals surface area contributed by atoms with Crippen LogP contribution in [0.1, 0.15) is 52.4 Å². The van der Waals surface area contributed by atoms with E-state index in [1.54, 1.807) is 0 Å². The zero-order valence-corrected chi connectivity index (χ0v) is 14.7. The fourth-order valence-corrected chi connectivity index (χ4v) is 3.45. The fourth-order valence-electron chi connectivity index (χ4n) is 3.45. The molecule has 0 aliphatic carbocycles. The van der Waals surface area contributed by atoms with Crippen LogP contribution in [0.25, 0.3) is 0 Å². The second-order valence-corrected chi connectivity index (χ2v) is 6.61. The van der Waals surface area contributed by atoms with Crippen LogP contribution in [-0.2, 0) is 0 Å². The summed E-state index contributed by atoms with van der Waals surface area (Å²) in [6.45, 7) is 10.7. The lowest BCUT2D eigenvalue weighted by Gasteiger charge is -2.25. The Hall–Kier alpha value is -1.59. The molecule has 2 aliphatic heterocycles. The molecular formula is C17H30N6. The molecule has 2 aliphatic rings. The van der Waals surface area contributed by atoms with Gasteiger partial charge in [-0.25, -0.2) is 0 Å². The van der Waals surface area contributed by atoms with E-state index in [2.05, 4.69) is 28.5 Å². The van der Waals surface area contributed by atoms with Crippen molar-refractivity contribution in [2.45, 2.75) is 52.4 Å². The van der Waals surface area contributed by atoms with Crippen molar-refractivity contribution in [2.75, 3.05) is 54.0 Å². The molecule has 2 fully saturated rings. The minimum absolute atomic E-state index is 0.868. The van der Waals surface area contributed by atoms with Gasteiger partial charge in [0.1, 0.15) is 0 Å². The summed E-state index contributed by atoms with van der Waals surface area (Å²) in [5.41, 5.74) is 0. The first-order valence-electron chi connectivity index (χ1n) is 9.32. The van der Waals surface area contributed by atoms with E-state index in [1.165, 1.54) is 25.7 Å². The molecule has 0 spiro atoms. The summed E-state index contributed by atoms with van der Waals surface area (Å²) in [6, 6.07) is 0. The molecule has 0 saturated carbocycles. The Bertz CT molecular complexity index is 454. The van der Waals surface area contributed by atoms with E-state index in [1.807, 2.05) is 0 Å². The maximum absolute atomic E-state index is 4.83. The molecule has 0 unspecified atom stereocenters. The van der Waals surface area contributed by atoms with Gasteiger partial charge in [0, 0.05) is 39.3 Å². The highest BCUT2D eigenvalue weighted by atomic mass is 15.4. The van der Waals surface area contributed by atoms with E-state index >= 15 is 0 Å². The summed E-state index contributed by atoms with van der Waals surface area (Å²) >= 11 is 0. The van der Waals surface area contributed by atoms with Crippen molar-refractivity contribution in [3.05, 3.63) is 0 Å². The summed E-state index contributed by atoms with van der Waals surface area (Å²) in [5.74, 6) is 2.63. The molecule has 0 bridgehead atoms.